The molecule has 1 saturated heterocycles. The number of hydrogen-bond donors (Lipinski definition) is 6. The van der Waals surface area contributed by atoms with Crippen molar-refractivity contribution in [2.75, 3.05) is 6.54 Å². The Kier molecular flexibility index (Phi) is 10.0. The van der Waals surface area contributed by atoms with Crippen LogP contribution in [0, 0.1) is 5.92 Å². The van der Waals surface area contributed by atoms with E-state index in [-0.39, 0.29) is 25.3 Å². The fourth-order valence-electron chi connectivity index (χ4n) is 3.41. The van der Waals surface area contributed by atoms with Gasteiger partial charge in [-0.05, 0) is 25.2 Å². The van der Waals surface area contributed by atoms with Crippen LogP contribution in [0.4, 0.5) is 0 Å². The second-order valence-corrected chi connectivity index (χ2v) is 8.08. The molecule has 7 N–H and O–H groups in total. The first-order valence-electron chi connectivity index (χ1n) is 10.2. The SMILES string of the molecule is CC(C)CC(NC(=O)C1CCCN1C(=O)C(N)CC(=O)O)C(=O)NC(CC(=O)O)C(=O)O. The van der Waals surface area contributed by atoms with E-state index in [1.54, 1.807) is 13.8 Å². The minimum atomic E-state index is -1.68. The fraction of sp³-hybridized carbons (Fsp3) is 0.684. The number of nitrogens with one attached hydrogen (secondary N) is 2. The minimum Gasteiger partial charge on any atom is -0.481 e. The van der Waals surface area contributed by atoms with Gasteiger partial charge < -0.3 is 36.6 Å². The van der Waals surface area contributed by atoms with Crippen molar-refractivity contribution in [1.82, 2.24) is 15.5 Å². The van der Waals surface area contributed by atoms with Crippen molar-refractivity contribution >= 4 is 35.6 Å². The van der Waals surface area contributed by atoms with Crippen molar-refractivity contribution in [1.29, 1.82) is 0 Å². The van der Waals surface area contributed by atoms with Crippen LogP contribution in [-0.4, -0.2) is 86.6 Å². The minimum absolute atomic E-state index is 0.0842. The van der Waals surface area contributed by atoms with Crippen LogP contribution in [0.25, 0.3) is 0 Å². The summed E-state index contributed by atoms with van der Waals surface area (Å²) in [6.07, 6.45) is -0.539. The van der Waals surface area contributed by atoms with Gasteiger partial charge in [-0.3, -0.25) is 24.0 Å². The van der Waals surface area contributed by atoms with E-state index in [1.165, 1.54) is 4.90 Å². The van der Waals surface area contributed by atoms with Crippen molar-refractivity contribution in [3.8, 4) is 0 Å². The maximum Gasteiger partial charge on any atom is 0.326 e. The highest BCUT2D eigenvalue weighted by Crippen LogP contribution is 2.19. The average Bonchev–Trinajstić information content (AvgIpc) is 3.14. The summed E-state index contributed by atoms with van der Waals surface area (Å²) >= 11 is 0. The van der Waals surface area contributed by atoms with Crippen LogP contribution in [0.3, 0.4) is 0 Å². The van der Waals surface area contributed by atoms with E-state index in [2.05, 4.69) is 10.6 Å². The molecule has 0 radical (unpaired) electrons. The number of carbonyl (C=O) groups is 6. The Morgan fingerprint density at radius 2 is 1.56 bits per heavy atom. The third kappa shape index (κ3) is 8.13. The van der Waals surface area contributed by atoms with Crippen LogP contribution < -0.4 is 16.4 Å². The number of carbonyl (C=O) groups excluding carboxylic acids is 3. The molecule has 0 aromatic carbocycles. The molecule has 32 heavy (non-hydrogen) atoms. The molecular formula is C19H30N4O9. The molecule has 13 heteroatoms. The van der Waals surface area contributed by atoms with Gasteiger partial charge >= 0.3 is 17.9 Å². The standard InChI is InChI=1S/C19H30N4O9/c1-9(2)6-11(16(28)22-12(19(31)32)8-15(26)27)21-17(29)13-4-3-5-23(13)18(30)10(20)7-14(24)25/h9-13H,3-8,20H2,1-2H3,(H,21,29)(H,22,28)(H,24,25)(H,26,27)(H,31,32). The van der Waals surface area contributed by atoms with Gasteiger partial charge in [0.2, 0.25) is 17.7 Å². The molecule has 4 atom stereocenters. The number of nitrogens with zero attached hydrogens (tertiary/aromatic N) is 1. The molecule has 0 aromatic rings. The van der Waals surface area contributed by atoms with Crippen LogP contribution in [0.5, 0.6) is 0 Å². The van der Waals surface area contributed by atoms with Crippen molar-refractivity contribution in [3.63, 3.8) is 0 Å². The molecule has 0 aromatic heterocycles. The molecular weight excluding hydrogens is 428 g/mol. The smallest absolute Gasteiger partial charge is 0.326 e. The van der Waals surface area contributed by atoms with Crippen molar-refractivity contribution in [2.45, 2.75) is 70.1 Å². The first kappa shape index (κ1) is 26.8. The average molecular weight is 458 g/mol. The van der Waals surface area contributed by atoms with Crippen molar-refractivity contribution in [2.24, 2.45) is 11.7 Å². The lowest BCUT2D eigenvalue weighted by Gasteiger charge is -2.28. The molecule has 1 fully saturated rings. The first-order chi connectivity index (χ1) is 14.8. The molecule has 3 amide bonds. The Balaban J connectivity index is 2.93. The predicted octanol–water partition coefficient (Wildman–Crippen LogP) is -1.65. The Morgan fingerprint density at radius 1 is 0.969 bits per heavy atom. The van der Waals surface area contributed by atoms with Crippen LogP contribution >= 0.6 is 0 Å². The van der Waals surface area contributed by atoms with Gasteiger partial charge in [0.15, 0.2) is 0 Å². The lowest BCUT2D eigenvalue weighted by Crippen LogP contribution is -2.57. The Hall–Kier alpha value is -3.22. The lowest BCUT2D eigenvalue weighted by molar-refractivity contribution is -0.147. The normalized spacial score (nSPS) is 18.5. The molecule has 180 valence electrons. The Labute approximate surface area is 184 Å². The number of likely N-dealkylation sites (tertiary alicyclic amines) is 1. The molecule has 1 heterocycles. The molecule has 0 spiro atoms. The van der Waals surface area contributed by atoms with Gasteiger partial charge in [-0.15, -0.1) is 0 Å². The van der Waals surface area contributed by atoms with Gasteiger partial charge in [-0.25, -0.2) is 4.79 Å². The molecule has 4 unspecified atom stereocenters. The third-order valence-corrected chi connectivity index (χ3v) is 4.88. The van der Waals surface area contributed by atoms with Crippen molar-refractivity contribution in [3.05, 3.63) is 0 Å². The van der Waals surface area contributed by atoms with E-state index in [0.29, 0.717) is 6.42 Å². The summed E-state index contributed by atoms with van der Waals surface area (Å²) in [5, 5.41) is 31.4. The summed E-state index contributed by atoms with van der Waals surface area (Å²) in [5.74, 6) is -6.51. The maximum absolute atomic E-state index is 12.8. The van der Waals surface area contributed by atoms with Crippen LogP contribution in [0.2, 0.25) is 0 Å². The molecule has 0 bridgehead atoms. The van der Waals surface area contributed by atoms with Crippen LogP contribution in [-0.2, 0) is 28.8 Å². The number of aliphatic carboxylic acids is 3. The highest BCUT2D eigenvalue weighted by atomic mass is 16.4. The summed E-state index contributed by atoms with van der Waals surface area (Å²) in [5.41, 5.74) is 5.63. The second kappa shape index (κ2) is 12.0. The summed E-state index contributed by atoms with van der Waals surface area (Å²) in [4.78, 5) is 72.0. The van der Waals surface area contributed by atoms with Gasteiger partial charge in [-0.2, -0.15) is 0 Å². The predicted molar refractivity (Wildman–Crippen MR) is 108 cm³/mol. The number of carboxylic acids is 3. The maximum atomic E-state index is 12.8. The monoisotopic (exact) mass is 458 g/mol. The highest BCUT2D eigenvalue weighted by Gasteiger charge is 2.38. The lowest BCUT2D eigenvalue weighted by atomic mass is 10.0. The number of amides is 3. The van der Waals surface area contributed by atoms with Gasteiger partial charge in [0.1, 0.15) is 18.1 Å². The number of hydrogen-bond acceptors (Lipinski definition) is 7. The van der Waals surface area contributed by atoms with E-state index >= 15 is 0 Å². The van der Waals surface area contributed by atoms with Crippen LogP contribution in [0.1, 0.15) is 46.0 Å². The third-order valence-electron chi connectivity index (χ3n) is 4.88. The summed E-state index contributed by atoms with van der Waals surface area (Å²) in [6.45, 7) is 3.74. The summed E-state index contributed by atoms with van der Waals surface area (Å²) in [6, 6.07) is -5.12. The molecule has 1 aliphatic rings. The van der Waals surface area contributed by atoms with Gasteiger partial charge in [0.05, 0.1) is 18.9 Å². The number of rotatable bonds is 12. The Morgan fingerprint density at radius 3 is 2.06 bits per heavy atom. The summed E-state index contributed by atoms with van der Waals surface area (Å²) in [7, 11) is 0. The van der Waals surface area contributed by atoms with E-state index in [0.717, 1.165) is 0 Å². The van der Waals surface area contributed by atoms with Crippen LogP contribution in [0.15, 0.2) is 0 Å². The zero-order chi connectivity index (χ0) is 24.6. The topological polar surface area (TPSA) is 216 Å². The molecule has 0 saturated carbocycles. The van der Waals surface area contributed by atoms with E-state index < -0.39 is 72.6 Å². The number of nitrogens with two attached hydrogens (primary N) is 1. The van der Waals surface area contributed by atoms with Gasteiger partial charge in [-0.1, -0.05) is 13.8 Å². The van der Waals surface area contributed by atoms with E-state index in [4.69, 9.17) is 21.1 Å². The van der Waals surface area contributed by atoms with Gasteiger partial charge in [0, 0.05) is 6.54 Å². The molecule has 1 rings (SSSR count). The molecule has 1 aliphatic heterocycles. The molecule has 0 aliphatic carbocycles. The summed E-state index contributed by atoms with van der Waals surface area (Å²) < 4.78 is 0. The Bertz CT molecular complexity index is 755. The van der Waals surface area contributed by atoms with E-state index in [9.17, 15) is 28.8 Å². The fourth-order valence-corrected chi connectivity index (χ4v) is 3.41. The number of carboxylic acid groups (broad SMARTS) is 3. The molecule has 13 nitrogen and oxygen atoms in total. The van der Waals surface area contributed by atoms with Crippen molar-refractivity contribution < 1.29 is 44.1 Å². The largest absolute Gasteiger partial charge is 0.481 e. The van der Waals surface area contributed by atoms with Gasteiger partial charge in [0.25, 0.3) is 0 Å². The highest BCUT2D eigenvalue weighted by molar-refractivity contribution is 5.95. The zero-order valence-electron chi connectivity index (χ0n) is 17.9. The van der Waals surface area contributed by atoms with E-state index in [1.807, 2.05) is 0 Å². The second-order valence-electron chi connectivity index (χ2n) is 8.08. The first-order valence-corrected chi connectivity index (χ1v) is 10.2. The zero-order valence-corrected chi connectivity index (χ0v) is 17.9. The quantitative estimate of drug-likeness (QED) is 0.196.